The van der Waals surface area contributed by atoms with Crippen LogP contribution < -0.4 is 4.74 Å². The van der Waals surface area contributed by atoms with Crippen LogP contribution in [0.15, 0.2) is 30.5 Å². The Morgan fingerprint density at radius 3 is 3.00 bits per heavy atom. The molecule has 0 saturated heterocycles. The minimum absolute atomic E-state index is 0.359. The number of hydrogen-bond acceptors (Lipinski definition) is 5. The molecule has 0 fully saturated rings. The van der Waals surface area contributed by atoms with Gasteiger partial charge in [-0.05, 0) is 18.6 Å². The maximum atomic E-state index is 11.4. The third-order valence-corrected chi connectivity index (χ3v) is 3.47. The zero-order valence-corrected chi connectivity index (χ0v) is 11.7. The smallest absolute Gasteiger partial charge is 0.349 e. The van der Waals surface area contributed by atoms with E-state index in [0.717, 1.165) is 22.7 Å². The van der Waals surface area contributed by atoms with Crippen LogP contribution in [0, 0.1) is 0 Å². The van der Waals surface area contributed by atoms with E-state index in [1.54, 1.807) is 0 Å². The molecule has 0 spiro atoms. The Morgan fingerprint density at radius 2 is 2.26 bits per heavy atom. The summed E-state index contributed by atoms with van der Waals surface area (Å²) in [6.07, 6.45) is 2.50. The van der Waals surface area contributed by atoms with Crippen molar-refractivity contribution in [3.8, 4) is 16.3 Å². The number of aromatic nitrogens is 1. The first-order chi connectivity index (χ1) is 9.24. The fourth-order valence-electron chi connectivity index (χ4n) is 1.54. The van der Waals surface area contributed by atoms with Gasteiger partial charge in [0, 0.05) is 5.56 Å². The highest BCUT2D eigenvalue weighted by Crippen LogP contribution is 2.28. The Bertz CT molecular complexity index is 565. The first-order valence-electron chi connectivity index (χ1n) is 6.02. The Kier molecular flexibility index (Phi) is 4.52. The molecule has 0 atom stereocenters. The van der Waals surface area contributed by atoms with Crippen molar-refractivity contribution in [1.29, 1.82) is 0 Å². The van der Waals surface area contributed by atoms with Crippen LogP contribution in [0.4, 0.5) is 0 Å². The highest BCUT2D eigenvalue weighted by Gasteiger charge is 2.12. The van der Waals surface area contributed by atoms with Gasteiger partial charge in [-0.3, -0.25) is 0 Å². The molecule has 100 valence electrons. The van der Waals surface area contributed by atoms with Crippen LogP contribution in [0.2, 0.25) is 0 Å². The van der Waals surface area contributed by atoms with Crippen LogP contribution in [0.25, 0.3) is 10.6 Å². The number of carbonyl (C=O) groups excluding carboxylic acids is 1. The number of thiazole rings is 1. The normalized spacial score (nSPS) is 10.2. The second kappa shape index (κ2) is 6.33. The predicted octanol–water partition coefficient (Wildman–Crippen LogP) is 3.39. The third kappa shape index (κ3) is 3.32. The maximum Gasteiger partial charge on any atom is 0.349 e. The minimum atomic E-state index is -0.359. The van der Waals surface area contributed by atoms with Crippen LogP contribution in [-0.4, -0.2) is 24.7 Å². The fourth-order valence-corrected chi connectivity index (χ4v) is 2.37. The first-order valence-corrected chi connectivity index (χ1v) is 6.83. The fraction of sp³-hybridized carbons (Fsp3) is 0.286. The van der Waals surface area contributed by atoms with E-state index < -0.39 is 0 Å². The number of benzene rings is 1. The quantitative estimate of drug-likeness (QED) is 0.786. The van der Waals surface area contributed by atoms with Gasteiger partial charge >= 0.3 is 5.97 Å². The van der Waals surface area contributed by atoms with Gasteiger partial charge in [0.05, 0.1) is 19.9 Å². The molecule has 0 radical (unpaired) electrons. The summed E-state index contributed by atoms with van der Waals surface area (Å²) >= 11 is 1.31. The molecule has 0 saturated carbocycles. The van der Waals surface area contributed by atoms with Gasteiger partial charge in [-0.2, -0.15) is 0 Å². The van der Waals surface area contributed by atoms with E-state index in [-0.39, 0.29) is 5.97 Å². The first kappa shape index (κ1) is 13.5. The van der Waals surface area contributed by atoms with Crippen molar-refractivity contribution in [3.63, 3.8) is 0 Å². The summed E-state index contributed by atoms with van der Waals surface area (Å²) in [7, 11) is 1.36. The van der Waals surface area contributed by atoms with Crippen LogP contribution in [-0.2, 0) is 4.74 Å². The molecular formula is C14H15NO3S. The average molecular weight is 277 g/mol. The second-order valence-corrected chi connectivity index (χ2v) is 4.93. The van der Waals surface area contributed by atoms with E-state index >= 15 is 0 Å². The maximum absolute atomic E-state index is 11.4. The molecule has 0 amide bonds. The van der Waals surface area contributed by atoms with Crippen molar-refractivity contribution >= 4 is 17.3 Å². The topological polar surface area (TPSA) is 48.4 Å². The molecule has 1 aromatic heterocycles. The van der Waals surface area contributed by atoms with E-state index in [1.807, 2.05) is 24.3 Å². The van der Waals surface area contributed by atoms with Gasteiger partial charge < -0.3 is 9.47 Å². The molecule has 0 bridgehead atoms. The van der Waals surface area contributed by atoms with Crippen LogP contribution in [0.3, 0.4) is 0 Å². The number of rotatable bonds is 5. The lowest BCUT2D eigenvalue weighted by atomic mass is 10.2. The summed E-state index contributed by atoms with van der Waals surface area (Å²) in [5.41, 5.74) is 0.939. The van der Waals surface area contributed by atoms with Crippen LogP contribution in [0.5, 0.6) is 5.75 Å². The Balaban J connectivity index is 2.21. The van der Waals surface area contributed by atoms with Crippen molar-refractivity contribution in [1.82, 2.24) is 4.98 Å². The highest BCUT2D eigenvalue weighted by atomic mass is 32.1. The van der Waals surface area contributed by atoms with E-state index in [4.69, 9.17) is 4.74 Å². The van der Waals surface area contributed by atoms with E-state index in [0.29, 0.717) is 11.5 Å². The predicted molar refractivity (Wildman–Crippen MR) is 74.7 cm³/mol. The van der Waals surface area contributed by atoms with E-state index in [2.05, 4.69) is 16.6 Å². The molecule has 0 aliphatic heterocycles. The second-order valence-electron chi connectivity index (χ2n) is 3.90. The molecule has 0 N–H and O–H groups in total. The Labute approximate surface area is 116 Å². The number of carbonyl (C=O) groups is 1. The largest absolute Gasteiger partial charge is 0.494 e. The molecular weight excluding hydrogens is 262 g/mol. The Morgan fingerprint density at radius 1 is 1.42 bits per heavy atom. The lowest BCUT2D eigenvalue weighted by Gasteiger charge is -2.05. The van der Waals surface area contributed by atoms with Gasteiger partial charge in [0.15, 0.2) is 0 Å². The lowest BCUT2D eigenvalue weighted by molar-refractivity contribution is 0.0606. The zero-order chi connectivity index (χ0) is 13.7. The molecule has 5 heteroatoms. The Hall–Kier alpha value is -1.88. The molecule has 0 aliphatic carbocycles. The van der Waals surface area contributed by atoms with Gasteiger partial charge in [-0.15, -0.1) is 11.3 Å². The number of hydrogen-bond donors (Lipinski definition) is 0. The molecule has 2 rings (SSSR count). The highest BCUT2D eigenvalue weighted by molar-refractivity contribution is 7.16. The van der Waals surface area contributed by atoms with Gasteiger partial charge in [0.1, 0.15) is 15.6 Å². The lowest BCUT2D eigenvalue weighted by Crippen LogP contribution is -1.96. The standard InChI is InChI=1S/C14H15NO3S/c1-3-7-18-11-6-4-5-10(8-11)13-15-9-12(19-13)14(16)17-2/h4-6,8-9H,3,7H2,1-2H3. The third-order valence-electron chi connectivity index (χ3n) is 2.45. The van der Waals surface area contributed by atoms with Crippen molar-refractivity contribution in [2.45, 2.75) is 13.3 Å². The molecule has 1 heterocycles. The van der Waals surface area contributed by atoms with Crippen LogP contribution >= 0.6 is 11.3 Å². The average Bonchev–Trinajstić information content (AvgIpc) is 2.94. The molecule has 19 heavy (non-hydrogen) atoms. The minimum Gasteiger partial charge on any atom is -0.494 e. The molecule has 4 nitrogen and oxygen atoms in total. The molecule has 0 unspecified atom stereocenters. The summed E-state index contributed by atoms with van der Waals surface area (Å²) < 4.78 is 10.2. The number of ether oxygens (including phenoxy) is 2. The summed E-state index contributed by atoms with van der Waals surface area (Å²) in [5.74, 6) is 0.455. The molecule has 0 aliphatic rings. The van der Waals surface area contributed by atoms with E-state index in [1.165, 1.54) is 24.6 Å². The summed E-state index contributed by atoms with van der Waals surface area (Å²) in [5, 5.41) is 0.780. The monoisotopic (exact) mass is 277 g/mol. The van der Waals surface area contributed by atoms with Crippen molar-refractivity contribution < 1.29 is 14.3 Å². The van der Waals surface area contributed by atoms with Gasteiger partial charge in [-0.1, -0.05) is 19.1 Å². The molecule has 1 aromatic carbocycles. The number of esters is 1. The number of nitrogens with zero attached hydrogens (tertiary/aromatic N) is 1. The molecule has 2 aromatic rings. The summed E-state index contributed by atoms with van der Waals surface area (Å²) in [4.78, 5) is 16.1. The van der Waals surface area contributed by atoms with Gasteiger partial charge in [0.25, 0.3) is 0 Å². The SMILES string of the molecule is CCCOc1cccc(-c2ncc(C(=O)OC)s2)c1. The van der Waals surface area contributed by atoms with Gasteiger partial charge in [-0.25, -0.2) is 9.78 Å². The van der Waals surface area contributed by atoms with Crippen molar-refractivity contribution in [2.24, 2.45) is 0 Å². The summed E-state index contributed by atoms with van der Waals surface area (Å²) in [6, 6.07) is 7.70. The van der Waals surface area contributed by atoms with Crippen LogP contribution in [0.1, 0.15) is 23.0 Å². The number of methoxy groups -OCH3 is 1. The van der Waals surface area contributed by atoms with Crippen molar-refractivity contribution in [3.05, 3.63) is 35.3 Å². The zero-order valence-electron chi connectivity index (χ0n) is 10.9. The van der Waals surface area contributed by atoms with E-state index in [9.17, 15) is 4.79 Å². The summed E-state index contributed by atoms with van der Waals surface area (Å²) in [6.45, 7) is 2.75. The van der Waals surface area contributed by atoms with Crippen molar-refractivity contribution in [2.75, 3.05) is 13.7 Å². The van der Waals surface area contributed by atoms with Gasteiger partial charge in [0.2, 0.25) is 0 Å².